The van der Waals surface area contributed by atoms with Crippen molar-refractivity contribution in [2.24, 2.45) is 5.92 Å². The van der Waals surface area contributed by atoms with E-state index in [-0.39, 0.29) is 5.69 Å². The fraction of sp³-hybridized carbons (Fsp3) is 0.350. The number of halogens is 1. The molecule has 25 heavy (non-hydrogen) atoms. The van der Waals surface area contributed by atoms with Crippen LogP contribution in [0.2, 0.25) is 0 Å². The Morgan fingerprint density at radius 1 is 1.16 bits per heavy atom. The summed E-state index contributed by atoms with van der Waals surface area (Å²) in [4.78, 5) is 12.4. The number of anilines is 1. The number of methoxy groups -OCH3 is 1. The Morgan fingerprint density at radius 2 is 1.92 bits per heavy atom. The van der Waals surface area contributed by atoms with Crippen molar-refractivity contribution in [3.05, 3.63) is 53.3 Å². The molecule has 0 aliphatic rings. The van der Waals surface area contributed by atoms with Crippen LogP contribution in [0.1, 0.15) is 36.2 Å². The first-order chi connectivity index (χ1) is 11.9. The van der Waals surface area contributed by atoms with Crippen molar-refractivity contribution in [1.29, 1.82) is 0 Å². The zero-order valence-corrected chi connectivity index (χ0v) is 15.1. The van der Waals surface area contributed by atoms with Crippen molar-refractivity contribution in [1.82, 2.24) is 0 Å². The minimum atomic E-state index is -0.473. The molecule has 0 aromatic heterocycles. The van der Waals surface area contributed by atoms with Crippen LogP contribution < -0.4 is 14.8 Å². The minimum Gasteiger partial charge on any atom is -0.493 e. The summed E-state index contributed by atoms with van der Waals surface area (Å²) < 4.78 is 24.8. The lowest BCUT2D eigenvalue weighted by molar-refractivity contribution is 0.102. The molecule has 0 saturated heterocycles. The monoisotopic (exact) mass is 345 g/mol. The highest BCUT2D eigenvalue weighted by atomic mass is 19.1. The maximum atomic E-state index is 13.8. The Morgan fingerprint density at radius 3 is 2.60 bits per heavy atom. The van der Waals surface area contributed by atoms with Crippen molar-refractivity contribution in [3.63, 3.8) is 0 Å². The lowest BCUT2D eigenvalue weighted by atomic mass is 10.1. The number of carbonyl (C=O) groups excluding carboxylic acids is 1. The summed E-state index contributed by atoms with van der Waals surface area (Å²) in [5.74, 6) is 0.721. The van der Waals surface area contributed by atoms with Crippen LogP contribution in [0, 0.1) is 18.7 Å². The van der Waals surface area contributed by atoms with E-state index in [0.717, 1.165) is 12.0 Å². The van der Waals surface area contributed by atoms with E-state index in [1.165, 1.54) is 13.2 Å². The Kier molecular flexibility index (Phi) is 6.39. The van der Waals surface area contributed by atoms with Gasteiger partial charge in [-0.1, -0.05) is 19.9 Å². The molecule has 0 fully saturated rings. The molecule has 0 heterocycles. The topological polar surface area (TPSA) is 47.6 Å². The summed E-state index contributed by atoms with van der Waals surface area (Å²) in [5, 5.41) is 2.59. The van der Waals surface area contributed by atoms with Gasteiger partial charge in [0, 0.05) is 5.56 Å². The number of amides is 1. The van der Waals surface area contributed by atoms with E-state index in [1.807, 2.05) is 6.92 Å². The molecule has 1 N–H and O–H groups in total. The van der Waals surface area contributed by atoms with E-state index in [1.54, 1.807) is 30.3 Å². The van der Waals surface area contributed by atoms with Crippen LogP contribution in [-0.2, 0) is 0 Å². The highest BCUT2D eigenvalue weighted by Crippen LogP contribution is 2.29. The van der Waals surface area contributed by atoms with E-state index in [2.05, 4.69) is 19.2 Å². The van der Waals surface area contributed by atoms with Crippen molar-refractivity contribution in [2.75, 3.05) is 19.0 Å². The van der Waals surface area contributed by atoms with Gasteiger partial charge in [-0.3, -0.25) is 4.79 Å². The van der Waals surface area contributed by atoms with Gasteiger partial charge in [-0.15, -0.1) is 0 Å². The molecule has 5 heteroatoms. The van der Waals surface area contributed by atoms with E-state index in [9.17, 15) is 9.18 Å². The highest BCUT2D eigenvalue weighted by Gasteiger charge is 2.13. The highest BCUT2D eigenvalue weighted by molar-refractivity contribution is 6.04. The number of carbonyl (C=O) groups is 1. The van der Waals surface area contributed by atoms with Gasteiger partial charge in [-0.2, -0.15) is 0 Å². The van der Waals surface area contributed by atoms with Gasteiger partial charge in [0.25, 0.3) is 5.91 Å². The average molecular weight is 345 g/mol. The quantitative estimate of drug-likeness (QED) is 0.782. The minimum absolute atomic E-state index is 0.154. The molecule has 2 aromatic carbocycles. The lowest BCUT2D eigenvalue weighted by Crippen LogP contribution is -2.13. The van der Waals surface area contributed by atoms with Gasteiger partial charge in [0.15, 0.2) is 11.5 Å². The molecule has 0 aliphatic heterocycles. The molecular weight excluding hydrogens is 321 g/mol. The third-order valence-electron chi connectivity index (χ3n) is 3.75. The number of rotatable bonds is 7. The average Bonchev–Trinajstić information content (AvgIpc) is 2.58. The molecule has 0 atom stereocenters. The van der Waals surface area contributed by atoms with Gasteiger partial charge in [-0.05, 0) is 55.2 Å². The van der Waals surface area contributed by atoms with Crippen LogP contribution in [0.5, 0.6) is 11.5 Å². The first kappa shape index (κ1) is 18.8. The summed E-state index contributed by atoms with van der Waals surface area (Å²) >= 11 is 0. The van der Waals surface area contributed by atoms with E-state index in [0.29, 0.717) is 29.6 Å². The largest absolute Gasteiger partial charge is 0.493 e. The molecule has 2 rings (SSSR count). The molecule has 4 nitrogen and oxygen atoms in total. The van der Waals surface area contributed by atoms with Gasteiger partial charge < -0.3 is 14.8 Å². The SMILES string of the molecule is COc1cc(C(=O)Nc2cc(C)ccc2F)ccc1OCCC(C)C. The van der Waals surface area contributed by atoms with Crippen LogP contribution in [-0.4, -0.2) is 19.6 Å². The molecule has 0 unspecified atom stereocenters. The fourth-order valence-electron chi connectivity index (χ4n) is 2.26. The van der Waals surface area contributed by atoms with E-state index in [4.69, 9.17) is 9.47 Å². The molecule has 1 amide bonds. The Labute approximate surface area is 148 Å². The summed E-state index contributed by atoms with van der Waals surface area (Å²) in [7, 11) is 1.52. The Balaban J connectivity index is 2.13. The summed E-state index contributed by atoms with van der Waals surface area (Å²) in [5.41, 5.74) is 1.39. The first-order valence-corrected chi connectivity index (χ1v) is 8.29. The number of benzene rings is 2. The summed E-state index contributed by atoms with van der Waals surface area (Å²) in [6.07, 6.45) is 0.929. The van der Waals surface area contributed by atoms with Gasteiger partial charge in [0.1, 0.15) is 5.82 Å². The molecule has 0 saturated carbocycles. The van der Waals surface area contributed by atoms with Crippen molar-refractivity contribution in [2.45, 2.75) is 27.2 Å². The molecule has 2 aromatic rings. The molecule has 0 bridgehead atoms. The maximum Gasteiger partial charge on any atom is 0.255 e. The van der Waals surface area contributed by atoms with E-state index >= 15 is 0 Å². The van der Waals surface area contributed by atoms with Crippen LogP contribution in [0.25, 0.3) is 0 Å². The maximum absolute atomic E-state index is 13.8. The number of nitrogens with one attached hydrogen (secondary N) is 1. The molecular formula is C20H24FNO3. The van der Waals surface area contributed by atoms with E-state index < -0.39 is 11.7 Å². The first-order valence-electron chi connectivity index (χ1n) is 8.29. The normalized spacial score (nSPS) is 10.6. The predicted molar refractivity (Wildman–Crippen MR) is 97.0 cm³/mol. The van der Waals surface area contributed by atoms with Crippen molar-refractivity contribution >= 4 is 11.6 Å². The van der Waals surface area contributed by atoms with Gasteiger partial charge in [-0.25, -0.2) is 4.39 Å². The van der Waals surface area contributed by atoms with Gasteiger partial charge in [0.2, 0.25) is 0 Å². The van der Waals surface area contributed by atoms with Crippen LogP contribution in [0.15, 0.2) is 36.4 Å². The smallest absolute Gasteiger partial charge is 0.255 e. The predicted octanol–water partition coefficient (Wildman–Crippen LogP) is 4.82. The molecule has 0 aliphatic carbocycles. The summed E-state index contributed by atoms with van der Waals surface area (Å²) in [6.45, 7) is 6.66. The summed E-state index contributed by atoms with van der Waals surface area (Å²) in [6, 6.07) is 9.49. The van der Waals surface area contributed by atoms with Crippen LogP contribution in [0.3, 0.4) is 0 Å². The third-order valence-corrected chi connectivity index (χ3v) is 3.75. The lowest BCUT2D eigenvalue weighted by Gasteiger charge is -2.13. The Hall–Kier alpha value is -2.56. The fourth-order valence-corrected chi connectivity index (χ4v) is 2.26. The zero-order valence-electron chi connectivity index (χ0n) is 15.1. The second-order valence-corrected chi connectivity index (χ2v) is 6.33. The standard InChI is InChI=1S/C20H24FNO3/c1-13(2)9-10-25-18-8-6-15(12-19(18)24-4)20(23)22-17-11-14(3)5-7-16(17)21/h5-8,11-13H,9-10H2,1-4H3,(H,22,23). The van der Waals surface area contributed by atoms with Gasteiger partial charge >= 0.3 is 0 Å². The molecule has 134 valence electrons. The van der Waals surface area contributed by atoms with Crippen molar-refractivity contribution < 1.29 is 18.7 Å². The number of hydrogen-bond acceptors (Lipinski definition) is 3. The second kappa shape index (κ2) is 8.51. The zero-order chi connectivity index (χ0) is 18.4. The third kappa shape index (κ3) is 5.21. The van der Waals surface area contributed by atoms with Crippen molar-refractivity contribution in [3.8, 4) is 11.5 Å². The van der Waals surface area contributed by atoms with Crippen LogP contribution >= 0.6 is 0 Å². The van der Waals surface area contributed by atoms with Crippen LogP contribution in [0.4, 0.5) is 10.1 Å². The van der Waals surface area contributed by atoms with Gasteiger partial charge in [0.05, 0.1) is 19.4 Å². The second-order valence-electron chi connectivity index (χ2n) is 6.33. The number of ether oxygens (including phenoxy) is 2. The number of aryl methyl sites for hydroxylation is 1. The number of hydrogen-bond donors (Lipinski definition) is 1. The Bertz CT molecular complexity index is 744. The molecule has 0 spiro atoms. The molecule has 0 radical (unpaired) electrons.